The van der Waals surface area contributed by atoms with Crippen molar-refractivity contribution in [1.82, 2.24) is 4.90 Å². The molecule has 1 aliphatic heterocycles. The van der Waals surface area contributed by atoms with E-state index in [0.29, 0.717) is 13.1 Å². The summed E-state index contributed by atoms with van der Waals surface area (Å²) in [6.07, 6.45) is -0.138. The highest BCUT2D eigenvalue weighted by atomic mass is 16.6. The Labute approximate surface area is 126 Å². The molecule has 0 radical (unpaired) electrons. The number of carbonyl (C=O) groups excluding carboxylic acids is 1. The summed E-state index contributed by atoms with van der Waals surface area (Å²) < 4.78 is 5.36. The van der Waals surface area contributed by atoms with E-state index < -0.39 is 11.7 Å². The Balaban J connectivity index is 2.01. The lowest BCUT2D eigenvalue weighted by atomic mass is 9.86. The molecule has 0 unspecified atom stereocenters. The van der Waals surface area contributed by atoms with E-state index in [0.717, 1.165) is 12.0 Å². The van der Waals surface area contributed by atoms with Crippen molar-refractivity contribution in [2.24, 2.45) is 0 Å². The van der Waals surface area contributed by atoms with Crippen LogP contribution in [0, 0.1) is 6.92 Å². The van der Waals surface area contributed by atoms with Crippen LogP contribution in [-0.4, -0.2) is 40.9 Å². The smallest absolute Gasteiger partial charge is 0.410 e. The van der Waals surface area contributed by atoms with E-state index in [1.807, 2.05) is 45.9 Å². The van der Waals surface area contributed by atoms with Gasteiger partial charge in [0.15, 0.2) is 0 Å². The van der Waals surface area contributed by atoms with Crippen molar-refractivity contribution in [3.63, 3.8) is 0 Å². The number of hydrogen-bond donors (Lipinski definition) is 1. The molecule has 1 aromatic rings. The van der Waals surface area contributed by atoms with Gasteiger partial charge in [0.05, 0.1) is 12.6 Å². The monoisotopic (exact) mass is 291 g/mol. The second-order valence-electron chi connectivity index (χ2n) is 6.80. The average molecular weight is 291 g/mol. The number of aliphatic hydroxyl groups excluding tert-OH is 1. The lowest BCUT2D eigenvalue weighted by Crippen LogP contribution is -2.47. The molecule has 0 spiro atoms. The van der Waals surface area contributed by atoms with E-state index in [1.165, 1.54) is 5.56 Å². The van der Waals surface area contributed by atoms with Crippen LogP contribution in [0.3, 0.4) is 0 Å². The van der Waals surface area contributed by atoms with Crippen LogP contribution in [0.25, 0.3) is 0 Å². The van der Waals surface area contributed by atoms with Gasteiger partial charge >= 0.3 is 6.09 Å². The highest BCUT2D eigenvalue weighted by Gasteiger charge is 2.33. The van der Waals surface area contributed by atoms with Crippen molar-refractivity contribution in [1.29, 1.82) is 0 Å². The summed E-state index contributed by atoms with van der Waals surface area (Å²) in [5, 5.41) is 10.4. The van der Waals surface area contributed by atoms with Gasteiger partial charge in [0, 0.05) is 12.5 Å². The minimum absolute atomic E-state index is 0.0867. The number of aliphatic hydroxyl groups is 1. The third-order valence-electron chi connectivity index (χ3n) is 3.70. The van der Waals surface area contributed by atoms with Crippen molar-refractivity contribution < 1.29 is 14.6 Å². The quantitative estimate of drug-likeness (QED) is 0.865. The Morgan fingerprint density at radius 2 is 2.10 bits per heavy atom. The normalized spacial score (nSPS) is 23.0. The number of rotatable bonds is 1. The number of ether oxygens (including phenoxy) is 1. The van der Waals surface area contributed by atoms with Crippen LogP contribution in [0.4, 0.5) is 4.79 Å². The first-order valence-electron chi connectivity index (χ1n) is 7.49. The van der Waals surface area contributed by atoms with Gasteiger partial charge in [-0.25, -0.2) is 4.79 Å². The van der Waals surface area contributed by atoms with Crippen LogP contribution in [0.2, 0.25) is 0 Å². The molecule has 0 bridgehead atoms. The first kappa shape index (κ1) is 15.8. The van der Waals surface area contributed by atoms with Crippen LogP contribution in [0.15, 0.2) is 24.3 Å². The SMILES string of the molecule is Cc1cccc([C@H]2CCN(C(=O)OC(C)(C)C)C[C@@H]2O)c1. The second-order valence-corrected chi connectivity index (χ2v) is 6.80. The molecule has 1 heterocycles. The zero-order chi connectivity index (χ0) is 15.6. The standard InChI is InChI=1S/C17H25NO3/c1-12-6-5-7-13(10-12)14-8-9-18(11-15(14)19)16(20)21-17(2,3)4/h5-7,10,14-15,19H,8-9,11H2,1-4H3/t14-,15+/m1/s1. The van der Waals surface area contributed by atoms with Crippen molar-refractivity contribution in [2.75, 3.05) is 13.1 Å². The third kappa shape index (κ3) is 4.21. The summed E-state index contributed by atoms with van der Waals surface area (Å²) in [5.41, 5.74) is 1.83. The Hall–Kier alpha value is -1.55. The molecule has 0 aromatic heterocycles. The van der Waals surface area contributed by atoms with Crippen LogP contribution >= 0.6 is 0 Å². The van der Waals surface area contributed by atoms with E-state index in [2.05, 4.69) is 6.07 Å². The predicted octanol–water partition coefficient (Wildman–Crippen LogP) is 3.08. The molecular weight excluding hydrogens is 266 g/mol. The first-order valence-corrected chi connectivity index (χ1v) is 7.49. The topological polar surface area (TPSA) is 49.8 Å². The van der Waals surface area contributed by atoms with Gasteiger partial charge in [0.25, 0.3) is 0 Å². The molecule has 2 atom stereocenters. The molecule has 1 saturated heterocycles. The fraction of sp³-hybridized carbons (Fsp3) is 0.588. The third-order valence-corrected chi connectivity index (χ3v) is 3.70. The van der Waals surface area contributed by atoms with Crippen LogP contribution < -0.4 is 0 Å². The Kier molecular flexibility index (Phi) is 4.57. The molecule has 1 fully saturated rings. The molecule has 0 saturated carbocycles. The lowest BCUT2D eigenvalue weighted by Gasteiger charge is -2.37. The van der Waals surface area contributed by atoms with E-state index in [9.17, 15) is 9.90 Å². The minimum atomic E-state index is -0.548. The number of hydrogen-bond acceptors (Lipinski definition) is 3. The maximum Gasteiger partial charge on any atom is 0.410 e. The molecule has 2 rings (SSSR count). The molecule has 116 valence electrons. The minimum Gasteiger partial charge on any atom is -0.444 e. The van der Waals surface area contributed by atoms with Crippen LogP contribution in [0.1, 0.15) is 44.2 Å². The summed E-state index contributed by atoms with van der Waals surface area (Å²) in [5.74, 6) is 0.0867. The van der Waals surface area contributed by atoms with Gasteiger partial charge in [0.2, 0.25) is 0 Å². The molecule has 21 heavy (non-hydrogen) atoms. The summed E-state index contributed by atoms with van der Waals surface area (Å²) in [4.78, 5) is 13.6. The van der Waals surface area contributed by atoms with Crippen molar-refractivity contribution >= 4 is 6.09 Å². The molecule has 1 amide bonds. The maximum atomic E-state index is 12.0. The number of benzene rings is 1. The second kappa shape index (κ2) is 6.06. The number of β-amino-alcohol motifs (C(OH)–C–C–N with tert-alkyl or cyclic N) is 1. The molecule has 0 aliphatic carbocycles. The summed E-state index contributed by atoms with van der Waals surface area (Å²) in [6.45, 7) is 8.53. The maximum absolute atomic E-state index is 12.0. The average Bonchev–Trinajstić information content (AvgIpc) is 2.36. The van der Waals surface area contributed by atoms with Crippen molar-refractivity contribution in [2.45, 2.75) is 51.7 Å². The highest BCUT2D eigenvalue weighted by molar-refractivity contribution is 5.68. The number of likely N-dealkylation sites (tertiary alicyclic amines) is 1. The van der Waals surface area contributed by atoms with E-state index >= 15 is 0 Å². The van der Waals surface area contributed by atoms with Gasteiger partial charge in [0.1, 0.15) is 5.60 Å². The fourth-order valence-corrected chi connectivity index (χ4v) is 2.71. The summed E-state index contributed by atoms with van der Waals surface area (Å²) in [6, 6.07) is 8.21. The largest absolute Gasteiger partial charge is 0.444 e. The van der Waals surface area contributed by atoms with Gasteiger partial charge in [-0.3, -0.25) is 0 Å². The number of nitrogens with zero attached hydrogens (tertiary/aromatic N) is 1. The van der Waals surface area contributed by atoms with E-state index in [-0.39, 0.29) is 12.0 Å². The molecule has 4 nitrogen and oxygen atoms in total. The number of piperidine rings is 1. The Bertz CT molecular complexity index is 507. The first-order chi connectivity index (χ1) is 9.76. The predicted molar refractivity (Wildman–Crippen MR) is 82.4 cm³/mol. The Morgan fingerprint density at radius 3 is 2.67 bits per heavy atom. The van der Waals surface area contributed by atoms with Gasteiger partial charge in [-0.15, -0.1) is 0 Å². The molecule has 4 heteroatoms. The van der Waals surface area contributed by atoms with Gasteiger partial charge in [-0.1, -0.05) is 29.8 Å². The lowest BCUT2D eigenvalue weighted by molar-refractivity contribution is -0.00152. The van der Waals surface area contributed by atoms with Crippen molar-refractivity contribution in [3.05, 3.63) is 35.4 Å². The van der Waals surface area contributed by atoms with Crippen molar-refractivity contribution in [3.8, 4) is 0 Å². The number of amides is 1. The van der Waals surface area contributed by atoms with E-state index in [4.69, 9.17) is 4.74 Å². The van der Waals surface area contributed by atoms with Gasteiger partial charge in [-0.2, -0.15) is 0 Å². The van der Waals surface area contributed by atoms with E-state index in [1.54, 1.807) is 4.90 Å². The summed E-state index contributed by atoms with van der Waals surface area (Å²) >= 11 is 0. The van der Waals surface area contributed by atoms with Gasteiger partial charge < -0.3 is 14.7 Å². The number of aryl methyl sites for hydroxylation is 1. The van der Waals surface area contributed by atoms with Gasteiger partial charge in [-0.05, 0) is 39.7 Å². The zero-order valence-corrected chi connectivity index (χ0v) is 13.3. The molecular formula is C17H25NO3. The molecule has 1 aliphatic rings. The van der Waals surface area contributed by atoms with Crippen LogP contribution in [0.5, 0.6) is 0 Å². The highest BCUT2D eigenvalue weighted by Crippen LogP contribution is 2.29. The van der Waals surface area contributed by atoms with Crippen LogP contribution in [-0.2, 0) is 4.74 Å². The summed E-state index contributed by atoms with van der Waals surface area (Å²) in [7, 11) is 0. The fourth-order valence-electron chi connectivity index (χ4n) is 2.71. The molecule has 1 N–H and O–H groups in total. The zero-order valence-electron chi connectivity index (χ0n) is 13.3. The Morgan fingerprint density at radius 1 is 1.38 bits per heavy atom. The molecule has 1 aromatic carbocycles. The number of carbonyl (C=O) groups is 1.